The first kappa shape index (κ1) is 30.2. The number of likely N-dealkylation sites (tertiary alicyclic amines) is 1. The zero-order valence-corrected chi connectivity index (χ0v) is 25.5. The van der Waals surface area contributed by atoms with Crippen LogP contribution in [-0.4, -0.2) is 72.9 Å². The number of anilines is 1. The Bertz CT molecular complexity index is 1280. The molecule has 2 heterocycles. The minimum absolute atomic E-state index is 0.108. The molecule has 0 aromatic heterocycles. The average molecular weight is 566 g/mol. The number of methoxy groups -OCH3 is 1. The number of piperidine rings is 1. The van der Waals surface area contributed by atoms with E-state index in [2.05, 4.69) is 17.0 Å². The first-order valence-electron chi connectivity index (χ1n) is 14.2. The highest BCUT2D eigenvalue weighted by Gasteiger charge is 2.37. The molecule has 1 fully saturated rings. The largest absolute Gasteiger partial charge is 0.497 e. The summed E-state index contributed by atoms with van der Waals surface area (Å²) in [6, 6.07) is 13.9. The van der Waals surface area contributed by atoms with Crippen LogP contribution in [0.2, 0.25) is 0 Å². The number of imide groups is 1. The Morgan fingerprint density at radius 3 is 2.20 bits per heavy atom. The van der Waals surface area contributed by atoms with Crippen LogP contribution in [0.5, 0.6) is 5.75 Å². The summed E-state index contributed by atoms with van der Waals surface area (Å²) in [4.78, 5) is 43.8. The molecule has 2 aromatic carbocycles. The van der Waals surface area contributed by atoms with E-state index in [9.17, 15) is 14.4 Å². The van der Waals surface area contributed by atoms with Crippen molar-refractivity contribution in [2.24, 2.45) is 5.92 Å². The van der Waals surface area contributed by atoms with Crippen molar-refractivity contribution in [3.8, 4) is 5.75 Å². The summed E-state index contributed by atoms with van der Waals surface area (Å²) < 4.78 is 16.5. The van der Waals surface area contributed by atoms with Gasteiger partial charge in [0.15, 0.2) is 0 Å². The number of fused-ring (bicyclic) bond motifs is 1. The summed E-state index contributed by atoms with van der Waals surface area (Å²) in [6.45, 7) is 13.0. The van der Waals surface area contributed by atoms with Crippen molar-refractivity contribution in [3.05, 3.63) is 59.2 Å². The van der Waals surface area contributed by atoms with Gasteiger partial charge in [0.1, 0.15) is 17.0 Å². The van der Waals surface area contributed by atoms with E-state index in [-0.39, 0.29) is 30.4 Å². The minimum Gasteiger partial charge on any atom is -0.497 e. The van der Waals surface area contributed by atoms with Gasteiger partial charge in [0.25, 0.3) is 5.91 Å². The van der Waals surface area contributed by atoms with Crippen LogP contribution < -0.4 is 9.64 Å². The highest BCUT2D eigenvalue weighted by atomic mass is 16.6. The van der Waals surface area contributed by atoms with Gasteiger partial charge in [-0.1, -0.05) is 18.2 Å². The number of ether oxygens (including phenoxy) is 3. The van der Waals surface area contributed by atoms with E-state index < -0.39 is 17.3 Å². The van der Waals surface area contributed by atoms with Gasteiger partial charge in [-0.2, -0.15) is 0 Å². The molecule has 2 aliphatic heterocycles. The molecule has 0 N–H and O–H groups in total. The third kappa shape index (κ3) is 7.31. The van der Waals surface area contributed by atoms with Gasteiger partial charge in [0, 0.05) is 43.9 Å². The minimum atomic E-state index is -0.689. The molecule has 0 bridgehead atoms. The van der Waals surface area contributed by atoms with Crippen LogP contribution >= 0.6 is 0 Å². The molecule has 9 heteroatoms. The van der Waals surface area contributed by atoms with Gasteiger partial charge in [0.2, 0.25) is 0 Å². The number of carbonyl (C=O) groups is 3. The second-order valence-electron chi connectivity index (χ2n) is 12.9. The van der Waals surface area contributed by atoms with Crippen LogP contribution in [0, 0.1) is 5.92 Å². The molecule has 41 heavy (non-hydrogen) atoms. The Hall–Kier alpha value is -3.75. The fraction of sp³-hybridized carbons (Fsp3) is 0.531. The Kier molecular flexibility index (Phi) is 8.57. The van der Waals surface area contributed by atoms with Gasteiger partial charge in [-0.15, -0.1) is 0 Å². The topological polar surface area (TPSA) is 88.6 Å². The van der Waals surface area contributed by atoms with Gasteiger partial charge in [-0.3, -0.25) is 4.79 Å². The van der Waals surface area contributed by atoms with Gasteiger partial charge in [0.05, 0.1) is 13.7 Å². The summed E-state index contributed by atoms with van der Waals surface area (Å²) in [5.41, 5.74) is 2.11. The molecule has 222 valence electrons. The lowest BCUT2D eigenvalue weighted by molar-refractivity contribution is 0.0147. The Labute approximate surface area is 243 Å². The van der Waals surface area contributed by atoms with Crippen LogP contribution in [0.3, 0.4) is 0 Å². The van der Waals surface area contributed by atoms with E-state index in [4.69, 9.17) is 14.2 Å². The Morgan fingerprint density at radius 2 is 1.59 bits per heavy atom. The normalized spacial score (nSPS) is 19.1. The van der Waals surface area contributed by atoms with E-state index in [1.165, 1.54) is 5.56 Å². The Morgan fingerprint density at radius 1 is 0.951 bits per heavy atom. The number of hydrogen-bond acceptors (Lipinski definition) is 7. The van der Waals surface area contributed by atoms with E-state index in [0.717, 1.165) is 28.3 Å². The second-order valence-corrected chi connectivity index (χ2v) is 12.9. The first-order chi connectivity index (χ1) is 19.1. The predicted molar refractivity (Wildman–Crippen MR) is 157 cm³/mol. The van der Waals surface area contributed by atoms with Crippen molar-refractivity contribution in [1.82, 2.24) is 9.80 Å². The number of hydrogen-bond donors (Lipinski definition) is 0. The van der Waals surface area contributed by atoms with Crippen LogP contribution in [0.4, 0.5) is 15.3 Å². The van der Waals surface area contributed by atoms with Crippen molar-refractivity contribution in [2.75, 3.05) is 38.7 Å². The SMILES string of the molecule is COc1ccc([C@@H]2CCN(C(=O)OC(C)(C)C)C[C@H]2CN(C)c2ccc3c(c2)C(=O)N(C(=O)OC(C)(C)C)C3)cc1. The third-order valence-corrected chi connectivity index (χ3v) is 7.39. The van der Waals surface area contributed by atoms with Crippen LogP contribution in [0.1, 0.15) is 75.4 Å². The van der Waals surface area contributed by atoms with Crippen molar-refractivity contribution < 1.29 is 28.6 Å². The molecule has 0 aliphatic carbocycles. The third-order valence-electron chi connectivity index (χ3n) is 7.39. The van der Waals surface area contributed by atoms with E-state index in [1.807, 2.05) is 58.2 Å². The Balaban J connectivity index is 1.54. The molecule has 0 radical (unpaired) electrons. The monoisotopic (exact) mass is 565 g/mol. The summed E-state index contributed by atoms with van der Waals surface area (Å²) in [5.74, 6) is 0.781. The van der Waals surface area contributed by atoms with Crippen molar-refractivity contribution in [3.63, 3.8) is 0 Å². The maximum atomic E-state index is 13.1. The van der Waals surface area contributed by atoms with Gasteiger partial charge >= 0.3 is 12.2 Å². The van der Waals surface area contributed by atoms with Crippen LogP contribution in [-0.2, 0) is 16.0 Å². The lowest BCUT2D eigenvalue weighted by Crippen LogP contribution is -2.48. The number of rotatable bonds is 5. The van der Waals surface area contributed by atoms with Crippen molar-refractivity contribution in [2.45, 2.75) is 71.6 Å². The summed E-state index contributed by atoms with van der Waals surface area (Å²) in [7, 11) is 3.64. The molecule has 2 atom stereocenters. The summed E-state index contributed by atoms with van der Waals surface area (Å²) >= 11 is 0. The highest BCUT2D eigenvalue weighted by Crippen LogP contribution is 2.36. The fourth-order valence-electron chi connectivity index (χ4n) is 5.45. The van der Waals surface area contributed by atoms with Gasteiger partial charge in [-0.05, 0) is 89.3 Å². The van der Waals surface area contributed by atoms with E-state index >= 15 is 0 Å². The molecule has 0 saturated carbocycles. The number of carbonyl (C=O) groups excluding carboxylic acids is 3. The molecule has 0 spiro atoms. The molecule has 1 saturated heterocycles. The molecule has 2 aromatic rings. The second kappa shape index (κ2) is 11.6. The zero-order chi connectivity index (χ0) is 30.1. The molecule has 2 aliphatic rings. The predicted octanol–water partition coefficient (Wildman–Crippen LogP) is 6.06. The number of benzene rings is 2. The maximum Gasteiger partial charge on any atom is 0.417 e. The summed E-state index contributed by atoms with van der Waals surface area (Å²) in [5, 5.41) is 0. The van der Waals surface area contributed by atoms with Crippen LogP contribution in [0.15, 0.2) is 42.5 Å². The molecule has 3 amide bonds. The molecule has 4 rings (SSSR count). The molecule has 9 nitrogen and oxygen atoms in total. The number of nitrogens with zero attached hydrogens (tertiary/aromatic N) is 3. The van der Waals surface area contributed by atoms with E-state index in [0.29, 0.717) is 25.2 Å². The van der Waals surface area contributed by atoms with Crippen molar-refractivity contribution in [1.29, 1.82) is 0 Å². The smallest absolute Gasteiger partial charge is 0.417 e. The van der Waals surface area contributed by atoms with Gasteiger partial charge in [-0.25, -0.2) is 14.5 Å². The zero-order valence-electron chi connectivity index (χ0n) is 25.5. The van der Waals surface area contributed by atoms with Crippen molar-refractivity contribution >= 4 is 23.8 Å². The fourth-order valence-corrected chi connectivity index (χ4v) is 5.45. The maximum absolute atomic E-state index is 13.1. The lowest BCUT2D eigenvalue weighted by Gasteiger charge is -2.41. The van der Waals surface area contributed by atoms with Crippen LogP contribution in [0.25, 0.3) is 0 Å². The standard InChI is InChI=1S/C32H43N3O6/c1-31(2,3)40-29(37)34-16-15-26(21-10-13-25(39-8)14-11-21)23(19-34)18-33(7)24-12-9-22-20-35(28(36)27(22)17-24)30(38)41-32(4,5)6/h9-14,17,23,26H,15-16,18-20H2,1-8H3/t23-,26+/m1/s1. The lowest BCUT2D eigenvalue weighted by atomic mass is 9.80. The molecular weight excluding hydrogens is 522 g/mol. The van der Waals surface area contributed by atoms with E-state index in [1.54, 1.807) is 32.8 Å². The number of amides is 3. The highest BCUT2D eigenvalue weighted by molar-refractivity contribution is 6.07. The molecular formula is C32H43N3O6. The summed E-state index contributed by atoms with van der Waals surface area (Å²) in [6.07, 6.45) is -0.137. The first-order valence-corrected chi connectivity index (χ1v) is 14.2. The average Bonchev–Trinajstić information content (AvgIpc) is 3.22. The molecule has 0 unspecified atom stereocenters. The quantitative estimate of drug-likeness (QED) is 0.435. The van der Waals surface area contributed by atoms with Gasteiger partial charge < -0.3 is 24.0 Å².